The van der Waals surface area contributed by atoms with Crippen molar-refractivity contribution in [2.24, 2.45) is 0 Å². The average molecular weight is 279 g/mol. The maximum atomic E-state index is 12.3. The second kappa shape index (κ2) is 4.85. The van der Waals surface area contributed by atoms with Gasteiger partial charge in [0.15, 0.2) is 0 Å². The summed E-state index contributed by atoms with van der Waals surface area (Å²) in [4.78, 5) is 27.7. The highest BCUT2D eigenvalue weighted by Crippen LogP contribution is 2.24. The second-order valence-electron chi connectivity index (χ2n) is 5.07. The largest absolute Gasteiger partial charge is 0.329 e. The van der Waals surface area contributed by atoms with Crippen LogP contribution in [0.1, 0.15) is 18.4 Å². The van der Waals surface area contributed by atoms with Crippen molar-refractivity contribution < 1.29 is 9.59 Å². The number of carbonyl (C=O) groups excluding carboxylic acids is 2. The van der Waals surface area contributed by atoms with Crippen molar-refractivity contribution in [1.29, 1.82) is 0 Å². The Kier molecular flexibility index (Phi) is 3.19. The van der Waals surface area contributed by atoms with E-state index in [-0.39, 0.29) is 24.4 Å². The lowest BCUT2D eigenvalue weighted by molar-refractivity contribution is -0.154. The van der Waals surface area contributed by atoms with Crippen molar-refractivity contribution >= 4 is 23.4 Å². The van der Waals surface area contributed by atoms with Crippen LogP contribution >= 0.6 is 11.6 Å². The highest BCUT2D eigenvalue weighted by molar-refractivity contribution is 6.30. The number of nitrogens with zero attached hydrogens (tertiary/aromatic N) is 2. The Balaban J connectivity index is 1.76. The van der Waals surface area contributed by atoms with Crippen molar-refractivity contribution in [2.45, 2.75) is 25.4 Å². The van der Waals surface area contributed by atoms with Gasteiger partial charge in [0.1, 0.15) is 12.6 Å². The van der Waals surface area contributed by atoms with Crippen molar-refractivity contribution in [2.75, 3.05) is 13.1 Å². The first-order valence-corrected chi connectivity index (χ1v) is 6.85. The molecule has 5 heteroatoms. The normalized spacial score (nSPS) is 22.9. The Morgan fingerprint density at radius 1 is 1.21 bits per heavy atom. The molecule has 2 amide bonds. The molecule has 2 heterocycles. The standard InChI is InChI=1S/C14H15ClN2O2/c15-11-5-3-10(4-6-11)8-16-9-13(18)17-7-1-2-12(17)14(16)19/h3-6,12H,1-2,7-9H2. The van der Waals surface area contributed by atoms with E-state index in [1.807, 2.05) is 12.1 Å². The van der Waals surface area contributed by atoms with Crippen molar-refractivity contribution in [3.05, 3.63) is 34.9 Å². The molecule has 2 fully saturated rings. The van der Waals surface area contributed by atoms with Gasteiger partial charge in [-0.1, -0.05) is 23.7 Å². The lowest BCUT2D eigenvalue weighted by Gasteiger charge is -2.36. The summed E-state index contributed by atoms with van der Waals surface area (Å²) < 4.78 is 0. The predicted octanol–water partition coefficient (Wildman–Crippen LogP) is 1.67. The number of carbonyl (C=O) groups is 2. The van der Waals surface area contributed by atoms with Gasteiger partial charge in [-0.15, -0.1) is 0 Å². The SMILES string of the molecule is O=C1C2CCCN2C(=O)CN1Cc1ccc(Cl)cc1. The average Bonchev–Trinajstić information content (AvgIpc) is 2.88. The Labute approximate surface area is 116 Å². The minimum absolute atomic E-state index is 0.0658. The molecular weight excluding hydrogens is 264 g/mol. The highest BCUT2D eigenvalue weighted by atomic mass is 35.5. The molecule has 4 nitrogen and oxygen atoms in total. The van der Waals surface area contributed by atoms with Crippen LogP contribution < -0.4 is 0 Å². The summed E-state index contributed by atoms with van der Waals surface area (Å²) in [5, 5.41) is 0.673. The molecule has 1 aromatic carbocycles. The molecule has 0 N–H and O–H groups in total. The summed E-state index contributed by atoms with van der Waals surface area (Å²) in [6.07, 6.45) is 1.72. The monoisotopic (exact) mass is 278 g/mol. The summed E-state index contributed by atoms with van der Waals surface area (Å²) >= 11 is 5.84. The van der Waals surface area contributed by atoms with Crippen LogP contribution in [0.3, 0.4) is 0 Å². The highest BCUT2D eigenvalue weighted by Gasteiger charge is 2.41. The molecule has 2 aliphatic rings. The number of rotatable bonds is 2. The van der Waals surface area contributed by atoms with E-state index in [1.165, 1.54) is 0 Å². The maximum Gasteiger partial charge on any atom is 0.246 e. The molecular formula is C14H15ClN2O2. The van der Waals surface area contributed by atoms with Gasteiger partial charge >= 0.3 is 0 Å². The van der Waals surface area contributed by atoms with Crippen LogP contribution in [0.2, 0.25) is 5.02 Å². The molecule has 3 rings (SSSR count). The van der Waals surface area contributed by atoms with Crippen LogP contribution in [0.15, 0.2) is 24.3 Å². The zero-order chi connectivity index (χ0) is 13.4. The van der Waals surface area contributed by atoms with Gasteiger partial charge in [-0.2, -0.15) is 0 Å². The van der Waals surface area contributed by atoms with E-state index in [0.717, 1.165) is 24.9 Å². The van der Waals surface area contributed by atoms with Gasteiger partial charge in [0.05, 0.1) is 0 Å². The summed E-state index contributed by atoms with van der Waals surface area (Å²) in [5.41, 5.74) is 0.997. The molecule has 0 spiro atoms. The van der Waals surface area contributed by atoms with Gasteiger partial charge < -0.3 is 9.80 Å². The van der Waals surface area contributed by atoms with Crippen LogP contribution in [-0.2, 0) is 16.1 Å². The number of fused-ring (bicyclic) bond motifs is 1. The Bertz CT molecular complexity index is 515. The Hall–Kier alpha value is -1.55. The molecule has 2 aliphatic heterocycles. The Morgan fingerprint density at radius 2 is 1.95 bits per heavy atom. The third kappa shape index (κ3) is 2.32. The van der Waals surface area contributed by atoms with Crippen LogP contribution in [0.25, 0.3) is 0 Å². The molecule has 0 radical (unpaired) electrons. The van der Waals surface area contributed by atoms with E-state index in [2.05, 4.69) is 0 Å². The van der Waals surface area contributed by atoms with Gasteiger partial charge in [0, 0.05) is 18.1 Å². The quantitative estimate of drug-likeness (QED) is 0.826. The molecule has 1 unspecified atom stereocenters. The third-order valence-corrected chi connectivity index (χ3v) is 4.03. The fraction of sp³-hybridized carbons (Fsp3) is 0.429. The number of amides is 2. The van der Waals surface area contributed by atoms with E-state index in [1.54, 1.807) is 21.9 Å². The van der Waals surface area contributed by atoms with Crippen LogP contribution in [0, 0.1) is 0 Å². The van der Waals surface area contributed by atoms with Gasteiger partial charge in [-0.05, 0) is 30.5 Å². The fourth-order valence-electron chi connectivity index (χ4n) is 2.81. The van der Waals surface area contributed by atoms with Gasteiger partial charge in [0.2, 0.25) is 11.8 Å². The third-order valence-electron chi connectivity index (χ3n) is 3.78. The molecule has 0 saturated carbocycles. The summed E-state index contributed by atoms with van der Waals surface area (Å²) in [7, 11) is 0. The molecule has 100 valence electrons. The number of hydrogen-bond donors (Lipinski definition) is 0. The minimum atomic E-state index is -0.228. The zero-order valence-corrected chi connectivity index (χ0v) is 11.3. The van der Waals surface area contributed by atoms with Crippen LogP contribution in [-0.4, -0.2) is 40.7 Å². The Morgan fingerprint density at radius 3 is 2.68 bits per heavy atom. The summed E-state index contributed by atoms with van der Waals surface area (Å²) in [6, 6.07) is 7.15. The first-order chi connectivity index (χ1) is 9.15. The van der Waals surface area contributed by atoms with Crippen LogP contribution in [0.4, 0.5) is 0 Å². The van der Waals surface area contributed by atoms with E-state index < -0.39 is 0 Å². The smallest absolute Gasteiger partial charge is 0.246 e. The van der Waals surface area contributed by atoms with Gasteiger partial charge in [-0.25, -0.2) is 0 Å². The molecule has 0 bridgehead atoms. The zero-order valence-electron chi connectivity index (χ0n) is 10.5. The number of piperazine rings is 1. The fourth-order valence-corrected chi connectivity index (χ4v) is 2.93. The first-order valence-electron chi connectivity index (χ1n) is 6.48. The molecule has 19 heavy (non-hydrogen) atoms. The van der Waals surface area contributed by atoms with E-state index in [9.17, 15) is 9.59 Å². The van der Waals surface area contributed by atoms with E-state index in [4.69, 9.17) is 11.6 Å². The lowest BCUT2D eigenvalue weighted by atomic mass is 10.1. The summed E-state index contributed by atoms with van der Waals surface area (Å²) in [6.45, 7) is 1.40. The number of benzene rings is 1. The van der Waals surface area contributed by atoms with Crippen molar-refractivity contribution in [3.8, 4) is 0 Å². The number of halogens is 1. The van der Waals surface area contributed by atoms with Crippen molar-refractivity contribution in [3.63, 3.8) is 0 Å². The molecule has 1 atom stereocenters. The first kappa shape index (κ1) is 12.5. The van der Waals surface area contributed by atoms with Crippen LogP contribution in [0.5, 0.6) is 0 Å². The van der Waals surface area contributed by atoms with E-state index >= 15 is 0 Å². The van der Waals surface area contributed by atoms with Gasteiger partial charge in [0.25, 0.3) is 0 Å². The molecule has 1 aromatic rings. The molecule has 2 saturated heterocycles. The predicted molar refractivity (Wildman–Crippen MR) is 71.6 cm³/mol. The van der Waals surface area contributed by atoms with E-state index in [0.29, 0.717) is 11.6 Å². The molecule has 0 aliphatic carbocycles. The van der Waals surface area contributed by atoms with Crippen molar-refractivity contribution in [1.82, 2.24) is 9.80 Å². The maximum absolute atomic E-state index is 12.3. The topological polar surface area (TPSA) is 40.6 Å². The number of hydrogen-bond acceptors (Lipinski definition) is 2. The minimum Gasteiger partial charge on any atom is -0.329 e. The summed E-state index contributed by atoms with van der Waals surface area (Å²) in [5.74, 6) is 0.142. The molecule has 0 aromatic heterocycles. The second-order valence-corrected chi connectivity index (χ2v) is 5.50. The van der Waals surface area contributed by atoms with Gasteiger partial charge in [-0.3, -0.25) is 9.59 Å². The lowest BCUT2D eigenvalue weighted by Crippen LogP contribution is -2.56.